The van der Waals surface area contributed by atoms with Crippen LogP contribution in [0, 0.1) is 0 Å². The zero-order valence-electron chi connectivity index (χ0n) is 10.1. The van der Waals surface area contributed by atoms with Crippen LogP contribution >= 0.6 is 0 Å². The van der Waals surface area contributed by atoms with E-state index in [1.807, 2.05) is 24.3 Å². The maximum absolute atomic E-state index is 10.8. The summed E-state index contributed by atoms with van der Waals surface area (Å²) in [6.45, 7) is 1.73. The van der Waals surface area contributed by atoms with Gasteiger partial charge in [0.2, 0.25) is 0 Å². The number of nitrogens with one attached hydrogen (secondary N) is 1. The van der Waals surface area contributed by atoms with Gasteiger partial charge in [0.1, 0.15) is 6.61 Å². The predicted octanol–water partition coefficient (Wildman–Crippen LogP) is 1.91. The lowest BCUT2D eigenvalue weighted by Crippen LogP contribution is -2.21. The molecule has 5 heteroatoms. The molecule has 1 unspecified atom stereocenters. The van der Waals surface area contributed by atoms with Crippen molar-refractivity contribution in [3.8, 4) is 0 Å². The lowest BCUT2D eigenvalue weighted by molar-refractivity contribution is -0.00535. The van der Waals surface area contributed by atoms with Crippen LogP contribution in [0.3, 0.4) is 0 Å². The Hall–Kier alpha value is -1.59. The van der Waals surface area contributed by atoms with Crippen LogP contribution in [0.5, 0.6) is 0 Å². The molecule has 1 aromatic rings. The summed E-state index contributed by atoms with van der Waals surface area (Å²) >= 11 is 0. The molecule has 0 aliphatic carbocycles. The van der Waals surface area contributed by atoms with Crippen LogP contribution < -0.4 is 5.32 Å². The summed E-state index contributed by atoms with van der Waals surface area (Å²) in [6, 6.07) is 7.56. The van der Waals surface area contributed by atoms with Gasteiger partial charge >= 0.3 is 6.09 Å². The minimum absolute atomic E-state index is 0.186. The third-order valence-corrected chi connectivity index (χ3v) is 2.71. The third kappa shape index (κ3) is 4.01. The summed E-state index contributed by atoms with van der Waals surface area (Å²) < 4.78 is 9.74. The number of anilines is 1. The van der Waals surface area contributed by atoms with E-state index < -0.39 is 0 Å². The van der Waals surface area contributed by atoms with E-state index in [9.17, 15) is 4.79 Å². The van der Waals surface area contributed by atoms with Gasteiger partial charge in [-0.3, -0.25) is 5.32 Å². The molecule has 1 saturated heterocycles. The Morgan fingerprint density at radius 3 is 2.61 bits per heavy atom. The lowest BCUT2D eigenvalue weighted by atomic mass is 10.2. The smallest absolute Gasteiger partial charge is 0.411 e. The highest BCUT2D eigenvalue weighted by Gasteiger charge is 2.08. The molecular formula is C13H17NO4. The number of carbonyl (C=O) groups is 1. The van der Waals surface area contributed by atoms with Crippen molar-refractivity contribution in [1.82, 2.24) is 0 Å². The molecule has 1 fully saturated rings. The molecule has 3 heterocycles. The van der Waals surface area contributed by atoms with E-state index in [1.54, 1.807) is 0 Å². The number of benzene rings is 1. The van der Waals surface area contributed by atoms with E-state index in [2.05, 4.69) is 5.32 Å². The number of ether oxygens (including phenoxy) is 2. The first-order valence-corrected chi connectivity index (χ1v) is 6.02. The normalized spacial score (nSPS) is 21.8. The molecule has 0 aromatic heterocycles. The van der Waals surface area contributed by atoms with Gasteiger partial charge in [-0.15, -0.1) is 0 Å². The van der Waals surface area contributed by atoms with Crippen LogP contribution in [0.15, 0.2) is 24.3 Å². The minimum Gasteiger partial charge on any atom is -0.444 e. The van der Waals surface area contributed by atoms with Crippen LogP contribution in [0.1, 0.15) is 18.4 Å². The van der Waals surface area contributed by atoms with Crippen molar-refractivity contribution < 1.29 is 19.4 Å². The van der Waals surface area contributed by atoms with Crippen molar-refractivity contribution in [2.45, 2.75) is 25.6 Å². The van der Waals surface area contributed by atoms with Crippen molar-refractivity contribution >= 4 is 11.8 Å². The average molecular weight is 251 g/mol. The van der Waals surface area contributed by atoms with Crippen molar-refractivity contribution in [3.05, 3.63) is 29.8 Å². The summed E-state index contributed by atoms with van der Waals surface area (Å²) in [5.41, 5.74) is 1.79. The van der Waals surface area contributed by atoms with Crippen molar-refractivity contribution in [3.63, 3.8) is 0 Å². The molecule has 3 aliphatic heterocycles. The monoisotopic (exact) mass is 251 g/mol. The molecule has 0 radical (unpaired) electrons. The first-order chi connectivity index (χ1) is 8.74. The molecule has 1 atom stereocenters. The highest BCUT2D eigenvalue weighted by molar-refractivity contribution is 5.85. The number of hydrogen-bond acceptors (Lipinski definition) is 4. The second kappa shape index (κ2) is 6.37. The fraction of sp³-hybridized carbons (Fsp3) is 0.462. The summed E-state index contributed by atoms with van der Waals surface area (Å²) in [5, 5.41) is 11.4. The Kier molecular flexibility index (Phi) is 4.55. The number of amides is 1. The van der Waals surface area contributed by atoms with E-state index in [1.165, 1.54) is 0 Å². The van der Waals surface area contributed by atoms with E-state index in [0.29, 0.717) is 13.2 Å². The van der Waals surface area contributed by atoms with Crippen molar-refractivity contribution in [1.29, 1.82) is 0 Å². The number of aliphatic hydroxyl groups excluding tert-OH is 1. The van der Waals surface area contributed by atoms with Crippen LogP contribution in [-0.2, 0) is 16.1 Å². The molecule has 18 heavy (non-hydrogen) atoms. The van der Waals surface area contributed by atoms with Crippen molar-refractivity contribution in [2.24, 2.45) is 0 Å². The SMILES string of the molecule is O=C1Nc2ccc(cc2)CO1.OC1CCCOC1. The third-order valence-electron chi connectivity index (χ3n) is 2.71. The Morgan fingerprint density at radius 1 is 1.28 bits per heavy atom. The zero-order chi connectivity index (χ0) is 12.8. The Labute approximate surface area is 106 Å². The molecule has 1 aromatic carbocycles. The van der Waals surface area contributed by atoms with Gasteiger partial charge in [-0.2, -0.15) is 0 Å². The number of fused-ring (bicyclic) bond motifs is 5. The summed E-state index contributed by atoms with van der Waals surface area (Å²) in [4.78, 5) is 10.8. The van der Waals surface area contributed by atoms with E-state index in [-0.39, 0.29) is 12.2 Å². The fourth-order valence-electron chi connectivity index (χ4n) is 1.71. The average Bonchev–Trinajstić information content (AvgIpc) is 2.36. The molecule has 4 rings (SSSR count). The quantitative estimate of drug-likeness (QED) is 0.739. The molecule has 3 aliphatic rings. The molecule has 2 bridgehead atoms. The Balaban J connectivity index is 0.000000149. The number of carbonyl (C=O) groups excluding carboxylic acids is 1. The van der Waals surface area contributed by atoms with Crippen LogP contribution in [0.25, 0.3) is 0 Å². The van der Waals surface area contributed by atoms with Gasteiger partial charge in [0, 0.05) is 12.3 Å². The van der Waals surface area contributed by atoms with Gasteiger partial charge < -0.3 is 14.6 Å². The minimum atomic E-state index is -0.383. The largest absolute Gasteiger partial charge is 0.444 e. The van der Waals surface area contributed by atoms with Gasteiger partial charge in [0.25, 0.3) is 0 Å². The topological polar surface area (TPSA) is 67.8 Å². The zero-order valence-corrected chi connectivity index (χ0v) is 10.1. The lowest BCUT2D eigenvalue weighted by Gasteiger charge is -2.15. The molecule has 2 N–H and O–H groups in total. The molecule has 0 saturated carbocycles. The molecule has 5 nitrogen and oxygen atoms in total. The summed E-state index contributed by atoms with van der Waals surface area (Å²) in [6.07, 6.45) is 1.36. The number of hydrogen-bond donors (Lipinski definition) is 2. The molecule has 1 amide bonds. The van der Waals surface area contributed by atoms with Crippen molar-refractivity contribution in [2.75, 3.05) is 18.5 Å². The van der Waals surface area contributed by atoms with Gasteiger partial charge in [-0.25, -0.2) is 4.79 Å². The Morgan fingerprint density at radius 2 is 2.06 bits per heavy atom. The van der Waals surface area contributed by atoms with Gasteiger partial charge in [0.15, 0.2) is 0 Å². The van der Waals surface area contributed by atoms with Gasteiger partial charge in [-0.05, 0) is 30.5 Å². The second-order valence-electron chi connectivity index (χ2n) is 4.27. The molecule has 0 spiro atoms. The van der Waals surface area contributed by atoms with Gasteiger partial charge in [-0.1, -0.05) is 12.1 Å². The highest BCUT2D eigenvalue weighted by Crippen LogP contribution is 2.13. The maximum Gasteiger partial charge on any atom is 0.411 e. The van der Waals surface area contributed by atoms with Gasteiger partial charge in [0.05, 0.1) is 12.7 Å². The fourth-order valence-corrected chi connectivity index (χ4v) is 1.71. The standard InChI is InChI=1S/C8H7NO2.C5H10O2/c10-8-9-7-3-1-6(2-4-7)5-11-8;6-5-2-1-3-7-4-5/h1-4H,5H2,(H,9,10);5-6H,1-4H2. The van der Waals surface area contributed by atoms with E-state index in [4.69, 9.17) is 14.6 Å². The maximum atomic E-state index is 10.8. The highest BCUT2D eigenvalue weighted by atomic mass is 16.5. The van der Waals surface area contributed by atoms with Crippen LogP contribution in [0.4, 0.5) is 10.5 Å². The predicted molar refractivity (Wildman–Crippen MR) is 66.3 cm³/mol. The van der Waals surface area contributed by atoms with E-state index >= 15 is 0 Å². The second-order valence-corrected chi connectivity index (χ2v) is 4.27. The summed E-state index contributed by atoms with van der Waals surface area (Å²) in [5.74, 6) is 0. The first-order valence-electron chi connectivity index (χ1n) is 6.02. The van der Waals surface area contributed by atoms with Crippen LogP contribution in [0.2, 0.25) is 0 Å². The molecular weight excluding hydrogens is 234 g/mol. The van der Waals surface area contributed by atoms with E-state index in [0.717, 1.165) is 30.7 Å². The van der Waals surface area contributed by atoms with Crippen LogP contribution in [-0.4, -0.2) is 30.5 Å². The first kappa shape index (κ1) is 12.9. The number of rotatable bonds is 0. The number of aliphatic hydroxyl groups is 1. The summed E-state index contributed by atoms with van der Waals surface area (Å²) in [7, 11) is 0. The molecule has 98 valence electrons. The Bertz CT molecular complexity index is 384.